The molecule has 0 saturated carbocycles. The van der Waals surface area contributed by atoms with Crippen molar-refractivity contribution in [2.24, 2.45) is 5.73 Å². The maximum absolute atomic E-state index is 6.16. The quantitative estimate of drug-likeness (QED) is 0.813. The third kappa shape index (κ3) is 3.02. The van der Waals surface area contributed by atoms with E-state index < -0.39 is 0 Å². The molecule has 0 bridgehead atoms. The van der Waals surface area contributed by atoms with E-state index in [1.165, 1.54) is 20.9 Å². The molecule has 0 aliphatic rings. The number of aryl methyl sites for hydroxylation is 1. The number of halogens is 1. The topological polar surface area (TPSA) is 26.0 Å². The first-order chi connectivity index (χ1) is 8.61. The summed E-state index contributed by atoms with van der Waals surface area (Å²) in [6, 6.07) is 11.0. The Balaban J connectivity index is 2.29. The zero-order valence-corrected chi connectivity index (χ0v) is 13.1. The van der Waals surface area contributed by atoms with E-state index in [9.17, 15) is 0 Å². The van der Waals surface area contributed by atoms with Crippen LogP contribution in [0.4, 0.5) is 0 Å². The van der Waals surface area contributed by atoms with Gasteiger partial charge >= 0.3 is 0 Å². The van der Waals surface area contributed by atoms with Gasteiger partial charge in [-0.25, -0.2) is 0 Å². The van der Waals surface area contributed by atoms with E-state index in [1.807, 2.05) is 11.3 Å². The Kier molecular flexibility index (Phi) is 4.60. The molecule has 1 nitrogen and oxygen atoms in total. The van der Waals surface area contributed by atoms with Crippen molar-refractivity contribution in [2.45, 2.75) is 32.7 Å². The van der Waals surface area contributed by atoms with E-state index in [1.54, 1.807) is 0 Å². The van der Waals surface area contributed by atoms with Gasteiger partial charge in [0.1, 0.15) is 0 Å². The summed E-state index contributed by atoms with van der Waals surface area (Å²) in [5, 5.41) is 0. The van der Waals surface area contributed by atoms with E-state index in [0.717, 1.165) is 17.3 Å². The predicted octanol–water partition coefficient (Wildman–Crippen LogP) is 5.29. The van der Waals surface area contributed by atoms with Crippen LogP contribution in [0.2, 0.25) is 0 Å². The molecular weight excluding hydrogens is 306 g/mol. The molecule has 96 valence electrons. The molecule has 1 heterocycles. The minimum atomic E-state index is 0.185. The zero-order chi connectivity index (χ0) is 13.1. The smallest absolute Gasteiger partial charge is 0.0389 e. The van der Waals surface area contributed by atoms with Crippen molar-refractivity contribution in [1.82, 2.24) is 0 Å². The van der Waals surface area contributed by atoms with Gasteiger partial charge in [0.05, 0.1) is 0 Å². The average molecular weight is 324 g/mol. The lowest BCUT2D eigenvalue weighted by molar-refractivity contribution is 0.648. The van der Waals surface area contributed by atoms with Gasteiger partial charge in [-0.15, -0.1) is 11.3 Å². The average Bonchev–Trinajstić information content (AvgIpc) is 2.78. The van der Waals surface area contributed by atoms with Gasteiger partial charge in [-0.05, 0) is 48.7 Å². The fourth-order valence-electron chi connectivity index (χ4n) is 2.05. The van der Waals surface area contributed by atoms with Crippen LogP contribution in [0.3, 0.4) is 0 Å². The molecule has 2 N–H and O–H groups in total. The molecule has 3 heteroatoms. The first kappa shape index (κ1) is 13.8. The van der Waals surface area contributed by atoms with E-state index in [4.69, 9.17) is 5.73 Å². The minimum absolute atomic E-state index is 0.185. The number of benzene rings is 1. The van der Waals surface area contributed by atoms with Gasteiger partial charge < -0.3 is 5.73 Å². The molecule has 0 fully saturated rings. The van der Waals surface area contributed by atoms with Gasteiger partial charge in [0, 0.05) is 20.3 Å². The minimum Gasteiger partial charge on any atom is -0.323 e. The summed E-state index contributed by atoms with van der Waals surface area (Å²) in [6.45, 7) is 4.32. The van der Waals surface area contributed by atoms with Crippen LogP contribution in [0, 0.1) is 6.92 Å². The highest BCUT2D eigenvalue weighted by Gasteiger charge is 2.10. The highest BCUT2D eigenvalue weighted by atomic mass is 79.9. The molecule has 2 aromatic rings. The second-order valence-electron chi connectivity index (χ2n) is 4.56. The molecule has 1 atom stereocenters. The van der Waals surface area contributed by atoms with Crippen LogP contribution < -0.4 is 5.73 Å². The van der Waals surface area contributed by atoms with Gasteiger partial charge in [0.25, 0.3) is 0 Å². The van der Waals surface area contributed by atoms with E-state index in [0.29, 0.717) is 0 Å². The van der Waals surface area contributed by atoms with Crippen LogP contribution in [-0.2, 0) is 0 Å². The fourth-order valence-corrected chi connectivity index (χ4v) is 3.66. The second-order valence-corrected chi connectivity index (χ2v) is 6.59. The van der Waals surface area contributed by atoms with Crippen LogP contribution in [0.1, 0.15) is 36.2 Å². The van der Waals surface area contributed by atoms with E-state index in [2.05, 4.69) is 60.1 Å². The maximum atomic E-state index is 6.16. The zero-order valence-electron chi connectivity index (χ0n) is 10.7. The first-order valence-corrected chi connectivity index (χ1v) is 7.84. The van der Waals surface area contributed by atoms with Gasteiger partial charge in [-0.1, -0.05) is 35.3 Å². The molecule has 0 radical (unpaired) electrons. The largest absolute Gasteiger partial charge is 0.323 e. The lowest BCUT2D eigenvalue weighted by Gasteiger charge is -2.07. The Labute approximate surface area is 121 Å². The molecule has 0 spiro atoms. The molecule has 0 amide bonds. The van der Waals surface area contributed by atoms with Crippen LogP contribution in [0.25, 0.3) is 10.4 Å². The third-order valence-electron chi connectivity index (χ3n) is 3.05. The number of thiophene rings is 1. The Bertz CT molecular complexity index is 533. The molecule has 0 aliphatic carbocycles. The van der Waals surface area contributed by atoms with Crippen molar-refractivity contribution in [2.75, 3.05) is 0 Å². The van der Waals surface area contributed by atoms with Gasteiger partial charge in [-0.3, -0.25) is 0 Å². The maximum Gasteiger partial charge on any atom is 0.0389 e. The lowest BCUT2D eigenvalue weighted by atomic mass is 10.1. The summed E-state index contributed by atoms with van der Waals surface area (Å²) in [5.41, 5.74) is 8.76. The molecule has 18 heavy (non-hydrogen) atoms. The van der Waals surface area contributed by atoms with Crippen LogP contribution in [0.15, 0.2) is 34.8 Å². The summed E-state index contributed by atoms with van der Waals surface area (Å²) in [5.74, 6) is 0. The third-order valence-corrected chi connectivity index (χ3v) is 4.79. The van der Waals surface area contributed by atoms with Crippen LogP contribution in [-0.4, -0.2) is 0 Å². The monoisotopic (exact) mass is 323 g/mol. The number of hydrogen-bond donors (Lipinski definition) is 1. The van der Waals surface area contributed by atoms with Crippen LogP contribution in [0.5, 0.6) is 0 Å². The number of hydrogen-bond acceptors (Lipinski definition) is 2. The predicted molar refractivity (Wildman–Crippen MR) is 84.0 cm³/mol. The Morgan fingerprint density at radius 2 is 2.06 bits per heavy atom. The Morgan fingerprint density at radius 3 is 2.72 bits per heavy atom. The highest BCUT2D eigenvalue weighted by Crippen LogP contribution is 2.34. The van der Waals surface area contributed by atoms with Crippen molar-refractivity contribution in [3.63, 3.8) is 0 Å². The molecule has 0 aliphatic heterocycles. The van der Waals surface area contributed by atoms with Gasteiger partial charge in [0.15, 0.2) is 0 Å². The molecule has 1 unspecified atom stereocenters. The highest BCUT2D eigenvalue weighted by molar-refractivity contribution is 9.10. The summed E-state index contributed by atoms with van der Waals surface area (Å²) in [6.07, 6.45) is 2.19. The molecular formula is C15H18BrNS. The Morgan fingerprint density at radius 1 is 1.28 bits per heavy atom. The first-order valence-electron chi connectivity index (χ1n) is 6.23. The normalized spacial score (nSPS) is 12.7. The number of rotatable bonds is 4. The lowest BCUT2D eigenvalue weighted by Crippen LogP contribution is -2.07. The van der Waals surface area contributed by atoms with Crippen molar-refractivity contribution in [3.05, 3.63) is 45.2 Å². The van der Waals surface area contributed by atoms with Crippen molar-refractivity contribution in [1.29, 1.82) is 0 Å². The summed E-state index contributed by atoms with van der Waals surface area (Å²) in [7, 11) is 0. The second kappa shape index (κ2) is 6.00. The molecule has 2 rings (SSSR count). The van der Waals surface area contributed by atoms with Gasteiger partial charge in [-0.2, -0.15) is 0 Å². The fraction of sp³-hybridized carbons (Fsp3) is 0.333. The van der Waals surface area contributed by atoms with Crippen molar-refractivity contribution in [3.8, 4) is 10.4 Å². The molecule has 0 saturated heterocycles. The Hall–Kier alpha value is -0.640. The standard InChI is InChI=1S/C15H18BrNS/c1-3-4-13(17)15-8-7-14(18-15)12-6-5-11(16)9-10(12)2/h5-9,13H,3-4,17H2,1-2H3. The SMILES string of the molecule is CCCC(N)c1ccc(-c2ccc(Br)cc2C)s1. The van der Waals surface area contributed by atoms with Crippen molar-refractivity contribution < 1.29 is 0 Å². The van der Waals surface area contributed by atoms with Gasteiger partial charge in [0.2, 0.25) is 0 Å². The van der Waals surface area contributed by atoms with E-state index >= 15 is 0 Å². The molecule has 1 aromatic heterocycles. The van der Waals surface area contributed by atoms with E-state index in [-0.39, 0.29) is 6.04 Å². The summed E-state index contributed by atoms with van der Waals surface area (Å²) >= 11 is 5.31. The van der Waals surface area contributed by atoms with Crippen molar-refractivity contribution >= 4 is 27.3 Å². The molecule has 1 aromatic carbocycles. The van der Waals surface area contributed by atoms with Crippen LogP contribution >= 0.6 is 27.3 Å². The summed E-state index contributed by atoms with van der Waals surface area (Å²) in [4.78, 5) is 2.59. The number of nitrogens with two attached hydrogens (primary N) is 1. The summed E-state index contributed by atoms with van der Waals surface area (Å²) < 4.78 is 1.13.